The van der Waals surface area contributed by atoms with Crippen LogP contribution in [0.3, 0.4) is 0 Å². The molecule has 0 unspecified atom stereocenters. The standard InChI is InChI=1S/C11H13NO5/c1-2-17-11(15)8-9(13)6-5-16-4-3-7(6)12-10(8)14/h2-5H2,1H3,(H2,12,13,14). The Morgan fingerprint density at radius 1 is 1.59 bits per heavy atom. The summed E-state index contributed by atoms with van der Waals surface area (Å²) in [5.74, 6) is -1.15. The van der Waals surface area contributed by atoms with Crippen molar-refractivity contribution in [3.05, 3.63) is 27.2 Å². The number of esters is 1. The smallest absolute Gasteiger partial charge is 0.347 e. The molecule has 0 bridgehead atoms. The first-order chi connectivity index (χ1) is 8.15. The molecule has 6 heteroatoms. The average Bonchev–Trinajstić information content (AvgIpc) is 2.29. The van der Waals surface area contributed by atoms with Gasteiger partial charge in [0.2, 0.25) is 0 Å². The number of fused-ring (bicyclic) bond motifs is 1. The second-order valence-electron chi connectivity index (χ2n) is 3.66. The fourth-order valence-electron chi connectivity index (χ4n) is 1.79. The molecule has 0 aromatic carbocycles. The van der Waals surface area contributed by atoms with Gasteiger partial charge < -0.3 is 19.6 Å². The van der Waals surface area contributed by atoms with Gasteiger partial charge in [-0.2, -0.15) is 0 Å². The highest BCUT2D eigenvalue weighted by molar-refractivity contribution is 5.92. The summed E-state index contributed by atoms with van der Waals surface area (Å²) in [6.45, 7) is 2.45. The van der Waals surface area contributed by atoms with Gasteiger partial charge in [-0.15, -0.1) is 0 Å². The molecule has 1 aromatic heterocycles. The number of ether oxygens (including phenoxy) is 2. The molecule has 0 spiro atoms. The van der Waals surface area contributed by atoms with Crippen molar-refractivity contribution in [1.82, 2.24) is 4.98 Å². The van der Waals surface area contributed by atoms with E-state index in [0.717, 1.165) is 0 Å². The highest BCUT2D eigenvalue weighted by atomic mass is 16.5. The van der Waals surface area contributed by atoms with Gasteiger partial charge in [0.1, 0.15) is 5.75 Å². The Labute approximate surface area is 97.2 Å². The molecule has 2 N–H and O–H groups in total. The van der Waals surface area contributed by atoms with E-state index in [1.807, 2.05) is 0 Å². The number of H-pyrrole nitrogens is 1. The van der Waals surface area contributed by atoms with E-state index in [1.165, 1.54) is 0 Å². The Balaban J connectivity index is 2.53. The molecule has 1 aromatic rings. The molecule has 1 aliphatic rings. The summed E-state index contributed by atoms with van der Waals surface area (Å²) in [6.07, 6.45) is 0.515. The summed E-state index contributed by atoms with van der Waals surface area (Å²) in [5.41, 5.74) is 0.100. The SMILES string of the molecule is CCOC(=O)c1c(O)c2c([nH]c1=O)CCOC2. The first-order valence-electron chi connectivity index (χ1n) is 5.37. The quantitative estimate of drug-likeness (QED) is 0.726. The predicted molar refractivity (Wildman–Crippen MR) is 58.0 cm³/mol. The minimum absolute atomic E-state index is 0.144. The van der Waals surface area contributed by atoms with E-state index in [2.05, 4.69) is 4.98 Å². The Kier molecular flexibility index (Phi) is 3.14. The minimum Gasteiger partial charge on any atom is -0.506 e. The number of rotatable bonds is 2. The first kappa shape index (κ1) is 11.7. The van der Waals surface area contributed by atoms with Gasteiger partial charge in [-0.1, -0.05) is 0 Å². The van der Waals surface area contributed by atoms with Gasteiger partial charge in [0, 0.05) is 17.7 Å². The molecule has 0 amide bonds. The summed E-state index contributed by atoms with van der Waals surface area (Å²) in [5, 5.41) is 9.91. The zero-order chi connectivity index (χ0) is 12.4. The van der Waals surface area contributed by atoms with Gasteiger partial charge in [0.15, 0.2) is 5.56 Å². The molecule has 92 valence electrons. The molecule has 0 atom stereocenters. The number of hydrogen-bond donors (Lipinski definition) is 2. The average molecular weight is 239 g/mol. The fourth-order valence-corrected chi connectivity index (χ4v) is 1.79. The third-order valence-corrected chi connectivity index (χ3v) is 2.60. The van der Waals surface area contributed by atoms with Gasteiger partial charge in [-0.05, 0) is 6.92 Å². The van der Waals surface area contributed by atoms with Gasteiger partial charge in [0.05, 0.1) is 19.8 Å². The largest absolute Gasteiger partial charge is 0.506 e. The number of carbonyl (C=O) groups is 1. The third kappa shape index (κ3) is 2.03. The second-order valence-corrected chi connectivity index (χ2v) is 3.66. The van der Waals surface area contributed by atoms with Crippen LogP contribution >= 0.6 is 0 Å². The number of aromatic nitrogens is 1. The normalized spacial score (nSPS) is 14.2. The van der Waals surface area contributed by atoms with Gasteiger partial charge in [0.25, 0.3) is 5.56 Å². The van der Waals surface area contributed by atoms with Crippen molar-refractivity contribution in [3.8, 4) is 5.75 Å². The van der Waals surface area contributed by atoms with Crippen LogP contribution in [0.15, 0.2) is 4.79 Å². The van der Waals surface area contributed by atoms with E-state index in [9.17, 15) is 14.7 Å². The topological polar surface area (TPSA) is 88.6 Å². The summed E-state index contributed by atoms with van der Waals surface area (Å²) in [6, 6.07) is 0. The van der Waals surface area contributed by atoms with Gasteiger partial charge in [-0.3, -0.25) is 4.79 Å². The number of carbonyl (C=O) groups excluding carboxylic acids is 1. The van der Waals surface area contributed by atoms with Crippen LogP contribution in [0.5, 0.6) is 5.75 Å². The summed E-state index contributed by atoms with van der Waals surface area (Å²) in [7, 11) is 0. The summed E-state index contributed by atoms with van der Waals surface area (Å²) < 4.78 is 9.90. The number of aromatic amines is 1. The van der Waals surface area contributed by atoms with Crippen LogP contribution in [0.25, 0.3) is 0 Å². The second kappa shape index (κ2) is 4.58. The highest BCUT2D eigenvalue weighted by Gasteiger charge is 2.24. The van der Waals surface area contributed by atoms with E-state index >= 15 is 0 Å². The van der Waals surface area contributed by atoms with Crippen molar-refractivity contribution in [3.63, 3.8) is 0 Å². The monoisotopic (exact) mass is 239 g/mol. The van der Waals surface area contributed by atoms with Crippen molar-refractivity contribution in [2.24, 2.45) is 0 Å². The number of nitrogens with one attached hydrogen (secondary N) is 1. The van der Waals surface area contributed by atoms with Crippen molar-refractivity contribution in [1.29, 1.82) is 0 Å². The zero-order valence-corrected chi connectivity index (χ0v) is 9.41. The van der Waals surface area contributed by atoms with Crippen LogP contribution in [0.4, 0.5) is 0 Å². The number of pyridine rings is 1. The lowest BCUT2D eigenvalue weighted by molar-refractivity contribution is 0.0518. The first-order valence-corrected chi connectivity index (χ1v) is 5.37. The maximum Gasteiger partial charge on any atom is 0.347 e. The van der Waals surface area contributed by atoms with E-state index in [1.54, 1.807) is 6.92 Å². The van der Waals surface area contributed by atoms with E-state index in [0.29, 0.717) is 24.3 Å². The fraction of sp³-hybridized carbons (Fsp3) is 0.455. The van der Waals surface area contributed by atoms with Crippen LogP contribution < -0.4 is 5.56 Å². The minimum atomic E-state index is -0.820. The lowest BCUT2D eigenvalue weighted by Gasteiger charge is -2.18. The number of aromatic hydroxyl groups is 1. The highest BCUT2D eigenvalue weighted by Crippen LogP contribution is 2.26. The maximum absolute atomic E-state index is 11.7. The van der Waals surface area contributed by atoms with Crippen LogP contribution in [0.2, 0.25) is 0 Å². The lowest BCUT2D eigenvalue weighted by atomic mass is 10.1. The summed E-state index contributed by atoms with van der Waals surface area (Å²) >= 11 is 0. The van der Waals surface area contributed by atoms with Crippen LogP contribution in [0, 0.1) is 0 Å². The lowest BCUT2D eigenvalue weighted by Crippen LogP contribution is -2.25. The Bertz CT molecular complexity index is 505. The molecule has 0 saturated heterocycles. The zero-order valence-electron chi connectivity index (χ0n) is 9.41. The van der Waals surface area contributed by atoms with Crippen molar-refractivity contribution in [2.75, 3.05) is 13.2 Å². The van der Waals surface area contributed by atoms with E-state index in [4.69, 9.17) is 9.47 Å². The molecule has 17 heavy (non-hydrogen) atoms. The van der Waals surface area contributed by atoms with E-state index < -0.39 is 11.5 Å². The van der Waals surface area contributed by atoms with E-state index in [-0.39, 0.29) is 24.5 Å². The predicted octanol–water partition coefficient (Wildman–Crippen LogP) is 0.330. The molecular formula is C11H13NO5. The van der Waals surface area contributed by atoms with Gasteiger partial charge >= 0.3 is 5.97 Å². The van der Waals surface area contributed by atoms with Crippen LogP contribution in [0.1, 0.15) is 28.5 Å². The van der Waals surface area contributed by atoms with Gasteiger partial charge in [-0.25, -0.2) is 4.79 Å². The Hall–Kier alpha value is -1.82. The van der Waals surface area contributed by atoms with Crippen LogP contribution in [-0.4, -0.2) is 29.3 Å². The molecule has 0 aliphatic carbocycles. The van der Waals surface area contributed by atoms with Crippen molar-refractivity contribution >= 4 is 5.97 Å². The molecule has 0 fully saturated rings. The molecule has 2 rings (SSSR count). The molecular weight excluding hydrogens is 226 g/mol. The van der Waals surface area contributed by atoms with Crippen molar-refractivity contribution < 1.29 is 19.4 Å². The third-order valence-electron chi connectivity index (χ3n) is 2.60. The van der Waals surface area contributed by atoms with Crippen LogP contribution in [-0.2, 0) is 22.5 Å². The molecule has 0 radical (unpaired) electrons. The summed E-state index contributed by atoms with van der Waals surface area (Å²) in [4.78, 5) is 25.8. The Morgan fingerprint density at radius 2 is 2.35 bits per heavy atom. The van der Waals surface area contributed by atoms with Crippen molar-refractivity contribution in [2.45, 2.75) is 20.0 Å². The number of hydrogen-bond acceptors (Lipinski definition) is 5. The molecule has 6 nitrogen and oxygen atoms in total. The molecule has 2 heterocycles. The Morgan fingerprint density at radius 3 is 3.06 bits per heavy atom. The molecule has 0 saturated carbocycles. The molecule has 1 aliphatic heterocycles. The maximum atomic E-state index is 11.7.